The molecule has 5 aliphatic carbocycles. The Morgan fingerprint density at radius 1 is 0.878 bits per heavy atom. The molecule has 1 amide bonds. The van der Waals surface area contributed by atoms with Gasteiger partial charge in [-0.1, -0.05) is 59.2 Å². The third kappa shape index (κ3) is 3.89. The zero-order chi connectivity index (χ0) is 29.4. The van der Waals surface area contributed by atoms with Gasteiger partial charge in [-0.15, -0.1) is 0 Å². The molecule has 0 saturated heterocycles. The SMILES string of the molecule is CC1(C)C(c2ccc(C(=O)O)cc2)=CC[C@]2(C)[C@H]3CC[C@@H]4[C@H]5CCC[C@]5(C(=O)NCCN)CC[C@@]4(C)[C@]3(C)CC[C@@H]12. The number of rotatable bonds is 5. The summed E-state index contributed by atoms with van der Waals surface area (Å²) in [5.74, 6) is 1.80. The van der Waals surface area contributed by atoms with Gasteiger partial charge in [-0.05, 0) is 126 Å². The maximum atomic E-state index is 13.6. The normalized spacial score (nSPS) is 42.6. The lowest BCUT2D eigenvalue weighted by Crippen LogP contribution is -2.65. The van der Waals surface area contributed by atoms with Crippen LogP contribution >= 0.6 is 0 Å². The zero-order valence-corrected chi connectivity index (χ0v) is 26.0. The molecule has 0 radical (unpaired) electrons. The molecule has 0 unspecified atom stereocenters. The van der Waals surface area contributed by atoms with Gasteiger partial charge < -0.3 is 16.2 Å². The maximum Gasteiger partial charge on any atom is 0.335 e. The number of carbonyl (C=O) groups is 2. The van der Waals surface area contributed by atoms with Gasteiger partial charge in [0.15, 0.2) is 0 Å². The highest BCUT2D eigenvalue weighted by atomic mass is 16.4. The maximum absolute atomic E-state index is 13.6. The Kier molecular flexibility index (Phi) is 6.84. The van der Waals surface area contributed by atoms with Crippen molar-refractivity contribution < 1.29 is 14.7 Å². The summed E-state index contributed by atoms with van der Waals surface area (Å²) in [4.78, 5) is 25.1. The first kappa shape index (κ1) is 29.0. The van der Waals surface area contributed by atoms with Gasteiger partial charge in [-0.3, -0.25) is 4.79 Å². The van der Waals surface area contributed by atoms with E-state index in [1.165, 1.54) is 56.1 Å². The predicted molar refractivity (Wildman–Crippen MR) is 164 cm³/mol. The van der Waals surface area contributed by atoms with Crippen molar-refractivity contribution in [1.29, 1.82) is 0 Å². The van der Waals surface area contributed by atoms with E-state index in [1.807, 2.05) is 12.1 Å². The van der Waals surface area contributed by atoms with Crippen LogP contribution in [0.5, 0.6) is 0 Å². The van der Waals surface area contributed by atoms with Crippen molar-refractivity contribution in [3.05, 3.63) is 41.5 Å². The van der Waals surface area contributed by atoms with Gasteiger partial charge in [0.2, 0.25) is 5.91 Å². The second kappa shape index (κ2) is 9.69. The molecule has 5 aliphatic rings. The Morgan fingerprint density at radius 2 is 1.61 bits per heavy atom. The zero-order valence-electron chi connectivity index (χ0n) is 26.0. The Hall–Kier alpha value is -2.14. The number of carboxylic acid groups (broad SMARTS) is 1. The molecule has 5 nitrogen and oxygen atoms in total. The first-order valence-corrected chi connectivity index (χ1v) is 16.4. The van der Waals surface area contributed by atoms with E-state index in [2.05, 4.69) is 46.0 Å². The highest BCUT2D eigenvalue weighted by Gasteiger charge is 2.70. The first-order chi connectivity index (χ1) is 19.3. The van der Waals surface area contributed by atoms with Crippen LogP contribution in [-0.2, 0) is 4.79 Å². The second-order valence-electron chi connectivity index (χ2n) is 15.8. The highest BCUT2D eigenvalue weighted by molar-refractivity contribution is 5.88. The molecule has 8 atom stereocenters. The molecule has 0 aliphatic heterocycles. The number of nitrogens with one attached hydrogen (secondary N) is 1. The molecule has 6 rings (SSSR count). The molecule has 0 heterocycles. The van der Waals surface area contributed by atoms with Gasteiger partial charge in [0.05, 0.1) is 11.0 Å². The van der Waals surface area contributed by atoms with E-state index < -0.39 is 5.97 Å². The average Bonchev–Trinajstić information content (AvgIpc) is 3.37. The Balaban J connectivity index is 1.32. The molecule has 0 aromatic heterocycles. The van der Waals surface area contributed by atoms with Crippen LogP contribution in [0.2, 0.25) is 0 Å². The molecule has 4 N–H and O–H groups in total. The lowest BCUT2D eigenvalue weighted by Gasteiger charge is -2.72. The van der Waals surface area contributed by atoms with Crippen molar-refractivity contribution in [2.75, 3.05) is 13.1 Å². The lowest BCUT2D eigenvalue weighted by molar-refractivity contribution is -0.222. The van der Waals surface area contributed by atoms with Gasteiger partial charge in [0.1, 0.15) is 0 Å². The number of carbonyl (C=O) groups excluding carboxylic acids is 1. The van der Waals surface area contributed by atoms with Crippen molar-refractivity contribution >= 4 is 17.4 Å². The minimum Gasteiger partial charge on any atom is -0.478 e. The number of amides is 1. The molecule has 0 bridgehead atoms. The number of carboxylic acids is 1. The van der Waals surface area contributed by atoms with Crippen LogP contribution in [-0.4, -0.2) is 30.1 Å². The summed E-state index contributed by atoms with van der Waals surface area (Å²) < 4.78 is 0. The van der Waals surface area contributed by atoms with Crippen molar-refractivity contribution in [1.82, 2.24) is 5.32 Å². The fourth-order valence-electron chi connectivity index (χ4n) is 12.2. The molecule has 1 aromatic carbocycles. The van der Waals surface area contributed by atoms with Crippen LogP contribution in [0.4, 0.5) is 0 Å². The molecule has 4 fully saturated rings. The molecule has 0 spiro atoms. The van der Waals surface area contributed by atoms with E-state index in [0.29, 0.717) is 48.2 Å². The minimum absolute atomic E-state index is 0.0189. The van der Waals surface area contributed by atoms with Gasteiger partial charge in [-0.2, -0.15) is 0 Å². The van der Waals surface area contributed by atoms with Crippen molar-refractivity contribution in [3.8, 4) is 0 Å². The topological polar surface area (TPSA) is 92.4 Å². The average molecular weight is 561 g/mol. The molecule has 41 heavy (non-hydrogen) atoms. The summed E-state index contributed by atoms with van der Waals surface area (Å²) in [6.07, 6.45) is 14.3. The summed E-state index contributed by atoms with van der Waals surface area (Å²) in [5.41, 5.74) is 9.28. The van der Waals surface area contributed by atoms with E-state index in [1.54, 1.807) is 12.1 Å². The third-order valence-electron chi connectivity index (χ3n) is 14.3. The number of nitrogens with two attached hydrogens (primary N) is 1. The minimum atomic E-state index is -0.870. The number of aromatic carboxylic acids is 1. The smallest absolute Gasteiger partial charge is 0.335 e. The molecule has 224 valence electrons. The first-order valence-electron chi connectivity index (χ1n) is 16.4. The van der Waals surface area contributed by atoms with E-state index in [-0.39, 0.29) is 27.1 Å². The van der Waals surface area contributed by atoms with E-state index in [0.717, 1.165) is 19.3 Å². The van der Waals surface area contributed by atoms with Gasteiger partial charge in [0, 0.05) is 13.1 Å². The predicted octanol–water partition coefficient (Wildman–Crippen LogP) is 7.31. The number of fused-ring (bicyclic) bond motifs is 7. The van der Waals surface area contributed by atoms with E-state index >= 15 is 0 Å². The Morgan fingerprint density at radius 3 is 2.29 bits per heavy atom. The Labute approximate surface area is 247 Å². The summed E-state index contributed by atoms with van der Waals surface area (Å²) in [6.45, 7) is 13.9. The summed E-state index contributed by atoms with van der Waals surface area (Å²) in [6, 6.07) is 7.53. The lowest BCUT2D eigenvalue weighted by atomic mass is 9.32. The van der Waals surface area contributed by atoms with Crippen LogP contribution in [0.1, 0.15) is 115 Å². The van der Waals surface area contributed by atoms with Crippen LogP contribution in [0, 0.1) is 50.7 Å². The van der Waals surface area contributed by atoms with Gasteiger partial charge >= 0.3 is 5.97 Å². The summed E-state index contributed by atoms with van der Waals surface area (Å²) >= 11 is 0. The summed E-state index contributed by atoms with van der Waals surface area (Å²) in [5, 5.41) is 12.6. The molecule has 4 saturated carbocycles. The van der Waals surface area contributed by atoms with Crippen molar-refractivity contribution in [3.63, 3.8) is 0 Å². The molecular formula is C36H52N2O3. The molecular weight excluding hydrogens is 508 g/mol. The van der Waals surface area contributed by atoms with Crippen molar-refractivity contribution in [2.24, 2.45) is 56.5 Å². The fourth-order valence-corrected chi connectivity index (χ4v) is 12.2. The second-order valence-corrected chi connectivity index (χ2v) is 15.8. The number of benzene rings is 1. The largest absolute Gasteiger partial charge is 0.478 e. The fraction of sp³-hybridized carbons (Fsp3) is 0.722. The third-order valence-corrected chi connectivity index (χ3v) is 14.3. The van der Waals surface area contributed by atoms with Crippen LogP contribution in [0.15, 0.2) is 30.3 Å². The van der Waals surface area contributed by atoms with Gasteiger partial charge in [0.25, 0.3) is 0 Å². The number of allylic oxidation sites excluding steroid dienone is 2. The van der Waals surface area contributed by atoms with Crippen LogP contribution in [0.3, 0.4) is 0 Å². The van der Waals surface area contributed by atoms with E-state index in [4.69, 9.17) is 5.73 Å². The quantitative estimate of drug-likeness (QED) is 0.352. The molecule has 5 heteroatoms. The number of hydrogen-bond donors (Lipinski definition) is 3. The van der Waals surface area contributed by atoms with E-state index in [9.17, 15) is 14.7 Å². The summed E-state index contributed by atoms with van der Waals surface area (Å²) in [7, 11) is 0. The molecule has 1 aromatic rings. The van der Waals surface area contributed by atoms with Crippen LogP contribution < -0.4 is 11.1 Å². The standard InChI is InChI=1S/C36H52N2O3/c1-32(2)25(23-8-10-24(11-9-23)30(39)40)14-17-33(3)28(32)15-18-35(5)29(33)13-12-26-27-7-6-16-36(27,20-19-34(26,35)4)31(41)38-22-21-37/h8-11,14,26-29H,6-7,12-13,15-22,37H2,1-5H3,(H,38,41)(H,39,40)/t26-,27-,28+,29-,33+,34-,35-,36+/m1/s1. The monoisotopic (exact) mass is 560 g/mol. The van der Waals surface area contributed by atoms with Crippen LogP contribution in [0.25, 0.3) is 5.57 Å². The Bertz CT molecular complexity index is 1250. The number of hydrogen-bond acceptors (Lipinski definition) is 3. The highest BCUT2D eigenvalue weighted by Crippen LogP contribution is 2.77. The van der Waals surface area contributed by atoms with Gasteiger partial charge in [-0.25, -0.2) is 4.79 Å². The van der Waals surface area contributed by atoms with Crippen molar-refractivity contribution in [2.45, 2.75) is 98.8 Å².